The third kappa shape index (κ3) is 4.44. The fourth-order valence-corrected chi connectivity index (χ4v) is 5.18. The zero-order valence-electron chi connectivity index (χ0n) is 20.5. The molecule has 3 aromatic rings. The van der Waals surface area contributed by atoms with Gasteiger partial charge < -0.3 is 14.6 Å². The molecule has 3 nitrogen and oxygen atoms in total. The first-order chi connectivity index (χ1) is 16.3. The number of aryl methyl sites for hydroxylation is 2. The molecule has 4 heteroatoms. The molecule has 0 aliphatic heterocycles. The van der Waals surface area contributed by atoms with Gasteiger partial charge in [0.05, 0.1) is 6.61 Å². The lowest BCUT2D eigenvalue weighted by Crippen LogP contribution is -2.32. The third-order valence-electron chi connectivity index (χ3n) is 7.04. The molecule has 1 N–H and O–H groups in total. The number of hydrogen-bond acceptors (Lipinski definition) is 3. The number of aliphatic hydroxyl groups excluding tert-OH is 1. The van der Waals surface area contributed by atoms with Crippen molar-refractivity contribution < 1.29 is 19.0 Å². The van der Waals surface area contributed by atoms with E-state index in [1.807, 2.05) is 44.2 Å². The van der Waals surface area contributed by atoms with Crippen LogP contribution in [0.2, 0.25) is 0 Å². The zero-order chi connectivity index (χ0) is 24.0. The maximum absolute atomic E-state index is 15.1. The molecule has 0 amide bonds. The van der Waals surface area contributed by atoms with Crippen molar-refractivity contribution in [1.82, 2.24) is 0 Å². The standard InChI is InChI=1S/C30H33FO3/c1-18-15-23(34-30(3,4)17-32)16-19(2)28(18)24-11-13-26(31)29-25(24)12-14-27(29)33-22-9-7-21(8-10-22)20-5-6-20/h7-11,13,15-16,20,27,32H,5-6,12,14,17H2,1-4H3. The number of hydrogen-bond donors (Lipinski definition) is 1. The lowest BCUT2D eigenvalue weighted by atomic mass is 9.90. The molecule has 2 aliphatic carbocycles. The van der Waals surface area contributed by atoms with Gasteiger partial charge in [0.25, 0.3) is 0 Å². The molecule has 1 atom stereocenters. The second kappa shape index (κ2) is 8.74. The highest BCUT2D eigenvalue weighted by Gasteiger charge is 2.31. The second-order valence-electron chi connectivity index (χ2n) is 10.4. The van der Waals surface area contributed by atoms with Crippen LogP contribution in [0.25, 0.3) is 11.1 Å². The molecule has 0 heterocycles. The Morgan fingerprint density at radius 1 is 0.941 bits per heavy atom. The van der Waals surface area contributed by atoms with Crippen molar-refractivity contribution in [2.75, 3.05) is 6.61 Å². The summed E-state index contributed by atoms with van der Waals surface area (Å²) in [6.07, 6.45) is 3.81. The fourth-order valence-electron chi connectivity index (χ4n) is 5.18. The van der Waals surface area contributed by atoms with E-state index in [0.29, 0.717) is 11.5 Å². The number of fused-ring (bicyclic) bond motifs is 1. The summed E-state index contributed by atoms with van der Waals surface area (Å²) in [7, 11) is 0. The van der Waals surface area contributed by atoms with Crippen LogP contribution >= 0.6 is 0 Å². The number of rotatable bonds is 7. The summed E-state index contributed by atoms with van der Waals surface area (Å²) in [5.41, 5.74) is 6.75. The summed E-state index contributed by atoms with van der Waals surface area (Å²) < 4.78 is 27.4. The van der Waals surface area contributed by atoms with Gasteiger partial charge in [-0.25, -0.2) is 4.39 Å². The minimum atomic E-state index is -0.654. The maximum atomic E-state index is 15.1. The first kappa shape index (κ1) is 22.9. The van der Waals surface area contributed by atoms with Crippen LogP contribution in [0.15, 0.2) is 48.5 Å². The van der Waals surface area contributed by atoms with E-state index in [0.717, 1.165) is 52.2 Å². The second-order valence-corrected chi connectivity index (χ2v) is 10.4. The Morgan fingerprint density at radius 3 is 2.24 bits per heavy atom. The van der Waals surface area contributed by atoms with Crippen molar-refractivity contribution in [3.05, 3.63) is 82.2 Å². The molecule has 178 valence electrons. The summed E-state index contributed by atoms with van der Waals surface area (Å²) >= 11 is 0. The van der Waals surface area contributed by atoms with Crippen LogP contribution in [-0.2, 0) is 6.42 Å². The van der Waals surface area contributed by atoms with Gasteiger partial charge in [-0.2, -0.15) is 0 Å². The third-order valence-corrected chi connectivity index (χ3v) is 7.04. The highest BCUT2D eigenvalue weighted by atomic mass is 19.1. The lowest BCUT2D eigenvalue weighted by molar-refractivity contribution is 0.0412. The van der Waals surface area contributed by atoms with Gasteiger partial charge in [0.1, 0.15) is 29.0 Å². The van der Waals surface area contributed by atoms with E-state index in [-0.39, 0.29) is 18.5 Å². The summed E-state index contributed by atoms with van der Waals surface area (Å²) in [6, 6.07) is 15.8. The van der Waals surface area contributed by atoms with E-state index in [4.69, 9.17) is 9.47 Å². The molecule has 5 rings (SSSR count). The molecule has 34 heavy (non-hydrogen) atoms. The van der Waals surface area contributed by atoms with Gasteiger partial charge in [-0.15, -0.1) is 0 Å². The van der Waals surface area contributed by atoms with Crippen molar-refractivity contribution in [3.63, 3.8) is 0 Å². The Morgan fingerprint density at radius 2 is 1.62 bits per heavy atom. The molecule has 0 saturated heterocycles. The first-order valence-corrected chi connectivity index (χ1v) is 12.2. The number of halogens is 1. The van der Waals surface area contributed by atoms with Gasteiger partial charge in [0, 0.05) is 5.56 Å². The predicted molar refractivity (Wildman–Crippen MR) is 133 cm³/mol. The van der Waals surface area contributed by atoms with Gasteiger partial charge in [-0.3, -0.25) is 0 Å². The zero-order valence-corrected chi connectivity index (χ0v) is 20.5. The summed E-state index contributed by atoms with van der Waals surface area (Å²) in [5.74, 6) is 2.04. The van der Waals surface area contributed by atoms with Gasteiger partial charge in [0.2, 0.25) is 0 Å². The van der Waals surface area contributed by atoms with Crippen LogP contribution in [0, 0.1) is 19.7 Å². The topological polar surface area (TPSA) is 38.7 Å². The Bertz CT molecular complexity index is 1190. The van der Waals surface area contributed by atoms with Crippen molar-refractivity contribution >= 4 is 0 Å². The molecule has 1 unspecified atom stereocenters. The Balaban J connectivity index is 1.45. The van der Waals surface area contributed by atoms with Crippen LogP contribution in [0.3, 0.4) is 0 Å². The Labute approximate surface area is 201 Å². The van der Waals surface area contributed by atoms with E-state index in [1.54, 1.807) is 6.07 Å². The number of ether oxygens (including phenoxy) is 2. The number of benzene rings is 3. The molecule has 1 saturated carbocycles. The minimum absolute atomic E-state index is 0.0665. The first-order valence-electron chi connectivity index (χ1n) is 12.2. The van der Waals surface area contributed by atoms with Crippen LogP contribution in [0.1, 0.15) is 72.9 Å². The lowest BCUT2D eigenvalue weighted by Gasteiger charge is -2.25. The van der Waals surface area contributed by atoms with Gasteiger partial charge >= 0.3 is 0 Å². The van der Waals surface area contributed by atoms with E-state index in [9.17, 15) is 5.11 Å². The summed E-state index contributed by atoms with van der Waals surface area (Å²) in [4.78, 5) is 0. The Hall–Kier alpha value is -2.85. The smallest absolute Gasteiger partial charge is 0.130 e. The van der Waals surface area contributed by atoms with Gasteiger partial charge in [-0.1, -0.05) is 18.2 Å². The SMILES string of the molecule is Cc1cc(OC(C)(C)CO)cc(C)c1-c1ccc(F)c2c1CCC2Oc1ccc(C2CC2)cc1. The average Bonchev–Trinajstić information content (AvgIpc) is 3.55. The van der Waals surface area contributed by atoms with E-state index < -0.39 is 5.60 Å². The van der Waals surface area contributed by atoms with Gasteiger partial charge in [-0.05, 0) is 123 Å². The molecule has 3 aromatic carbocycles. The average molecular weight is 461 g/mol. The fraction of sp³-hybridized carbons (Fsp3) is 0.400. The molecule has 2 aliphatic rings. The monoisotopic (exact) mass is 460 g/mol. The van der Waals surface area contributed by atoms with Crippen molar-refractivity contribution in [2.45, 2.75) is 71.0 Å². The summed E-state index contributed by atoms with van der Waals surface area (Å²) in [5, 5.41) is 9.56. The summed E-state index contributed by atoms with van der Waals surface area (Å²) in [6.45, 7) is 7.77. The van der Waals surface area contributed by atoms with Crippen molar-refractivity contribution in [3.8, 4) is 22.6 Å². The minimum Gasteiger partial charge on any atom is -0.486 e. The van der Waals surface area contributed by atoms with Crippen LogP contribution in [-0.4, -0.2) is 17.3 Å². The van der Waals surface area contributed by atoms with Crippen LogP contribution < -0.4 is 9.47 Å². The number of aliphatic hydroxyl groups is 1. The predicted octanol–water partition coefficient (Wildman–Crippen LogP) is 7.20. The van der Waals surface area contributed by atoms with Crippen molar-refractivity contribution in [1.29, 1.82) is 0 Å². The van der Waals surface area contributed by atoms with E-state index >= 15 is 4.39 Å². The highest BCUT2D eigenvalue weighted by molar-refractivity contribution is 5.76. The normalized spacial score (nSPS) is 17.5. The van der Waals surface area contributed by atoms with Crippen molar-refractivity contribution in [2.24, 2.45) is 0 Å². The molecule has 0 spiro atoms. The molecule has 0 radical (unpaired) electrons. The highest BCUT2D eigenvalue weighted by Crippen LogP contribution is 2.44. The van der Waals surface area contributed by atoms with Gasteiger partial charge in [0.15, 0.2) is 0 Å². The Kier molecular flexibility index (Phi) is 5.89. The molecule has 1 fully saturated rings. The molecule has 0 aromatic heterocycles. The molecular weight excluding hydrogens is 427 g/mol. The van der Waals surface area contributed by atoms with Crippen LogP contribution in [0.4, 0.5) is 4.39 Å². The van der Waals surface area contributed by atoms with E-state index in [2.05, 4.69) is 26.0 Å². The molecule has 0 bridgehead atoms. The largest absolute Gasteiger partial charge is 0.486 e. The maximum Gasteiger partial charge on any atom is 0.130 e. The molecular formula is C30H33FO3. The van der Waals surface area contributed by atoms with Crippen LogP contribution in [0.5, 0.6) is 11.5 Å². The quantitative estimate of drug-likeness (QED) is 0.405. The van der Waals surface area contributed by atoms with E-state index in [1.165, 1.54) is 18.4 Å².